The van der Waals surface area contributed by atoms with Crippen LogP contribution >= 0.6 is 23.2 Å². The van der Waals surface area contributed by atoms with Crippen LogP contribution in [-0.4, -0.2) is 33.2 Å². The minimum absolute atomic E-state index is 0.0820. The Hall–Kier alpha value is -0.980. The fourth-order valence-corrected chi connectivity index (χ4v) is 3.25. The van der Waals surface area contributed by atoms with Crippen LogP contribution in [-0.2, 0) is 14.8 Å². The van der Waals surface area contributed by atoms with Crippen molar-refractivity contribution in [2.75, 3.05) is 17.1 Å². The number of carbonyl (C=O) groups excluding carboxylic acids is 1. The number of hydrogen-bond acceptors (Lipinski definition) is 3. The number of hydrogen-bond donors (Lipinski definition) is 1. The van der Waals surface area contributed by atoms with E-state index >= 15 is 0 Å². The highest BCUT2D eigenvalue weighted by atomic mass is 35.5. The highest BCUT2D eigenvalue weighted by Crippen LogP contribution is 2.28. The number of anilines is 1. The number of benzene rings is 1. The van der Waals surface area contributed by atoms with Gasteiger partial charge in [-0.25, -0.2) is 8.42 Å². The van der Waals surface area contributed by atoms with Crippen molar-refractivity contribution >= 4 is 44.8 Å². The van der Waals surface area contributed by atoms with Crippen molar-refractivity contribution in [1.29, 1.82) is 0 Å². The predicted octanol–water partition coefficient (Wildman–Crippen LogP) is 3.70. The van der Waals surface area contributed by atoms with Crippen molar-refractivity contribution in [3.8, 4) is 0 Å². The van der Waals surface area contributed by atoms with E-state index in [1.165, 1.54) is 10.4 Å². The molecule has 1 amide bonds. The molecule has 0 radical (unpaired) electrons. The van der Waals surface area contributed by atoms with E-state index in [9.17, 15) is 13.2 Å². The molecule has 0 aromatic heterocycles. The summed E-state index contributed by atoms with van der Waals surface area (Å²) in [5.41, 5.74) is 0.433. The predicted molar refractivity (Wildman–Crippen MR) is 100 cm³/mol. The summed E-state index contributed by atoms with van der Waals surface area (Å²) in [5.74, 6) is 0.261. The Morgan fingerprint density at radius 1 is 1.21 bits per heavy atom. The zero-order valence-corrected chi connectivity index (χ0v) is 16.7. The second kappa shape index (κ2) is 8.92. The molecule has 0 aliphatic carbocycles. The topological polar surface area (TPSA) is 66.5 Å². The molecular formula is C16H24Cl2N2O3S. The molecule has 1 aromatic carbocycles. The van der Waals surface area contributed by atoms with Gasteiger partial charge in [-0.15, -0.1) is 0 Å². The highest BCUT2D eigenvalue weighted by Gasteiger charge is 2.19. The van der Waals surface area contributed by atoms with Crippen molar-refractivity contribution in [2.45, 2.75) is 39.7 Å². The van der Waals surface area contributed by atoms with Gasteiger partial charge in [-0.3, -0.25) is 9.10 Å². The molecule has 0 aliphatic heterocycles. The molecule has 1 N–H and O–H groups in total. The van der Waals surface area contributed by atoms with Crippen LogP contribution < -0.4 is 9.62 Å². The molecule has 0 fully saturated rings. The van der Waals surface area contributed by atoms with Crippen molar-refractivity contribution < 1.29 is 13.2 Å². The summed E-state index contributed by atoms with van der Waals surface area (Å²) in [6.07, 6.45) is 1.78. The summed E-state index contributed by atoms with van der Waals surface area (Å²) >= 11 is 11.8. The lowest BCUT2D eigenvalue weighted by Crippen LogP contribution is -2.37. The molecule has 0 aliphatic rings. The monoisotopic (exact) mass is 394 g/mol. The van der Waals surface area contributed by atoms with Crippen molar-refractivity contribution in [3.05, 3.63) is 28.2 Å². The Bertz CT molecular complexity index is 678. The summed E-state index contributed by atoms with van der Waals surface area (Å²) in [6.45, 7) is 6.20. The summed E-state index contributed by atoms with van der Waals surface area (Å²) in [5, 5.41) is 3.54. The summed E-state index contributed by atoms with van der Waals surface area (Å²) in [6, 6.07) is 4.73. The number of halogens is 2. The van der Waals surface area contributed by atoms with Gasteiger partial charge < -0.3 is 5.32 Å². The molecule has 5 nitrogen and oxygen atoms in total. The Balaban J connectivity index is 2.72. The molecular weight excluding hydrogens is 371 g/mol. The largest absolute Gasteiger partial charge is 0.353 e. The lowest BCUT2D eigenvalue weighted by molar-refractivity contribution is -0.122. The van der Waals surface area contributed by atoms with Crippen LogP contribution in [0.3, 0.4) is 0 Å². The third-order valence-electron chi connectivity index (χ3n) is 3.75. The van der Waals surface area contributed by atoms with Crippen molar-refractivity contribution in [2.24, 2.45) is 5.92 Å². The zero-order valence-electron chi connectivity index (χ0n) is 14.3. The van der Waals surface area contributed by atoms with Gasteiger partial charge in [0, 0.05) is 19.0 Å². The van der Waals surface area contributed by atoms with E-state index in [0.29, 0.717) is 23.0 Å². The van der Waals surface area contributed by atoms with Gasteiger partial charge in [-0.2, -0.15) is 0 Å². The molecule has 0 saturated heterocycles. The van der Waals surface area contributed by atoms with E-state index < -0.39 is 10.0 Å². The Labute approximate surface area is 154 Å². The number of amides is 1. The number of sulfonamides is 1. The zero-order chi connectivity index (χ0) is 18.5. The highest BCUT2D eigenvalue weighted by molar-refractivity contribution is 7.92. The molecule has 24 heavy (non-hydrogen) atoms. The van der Waals surface area contributed by atoms with E-state index in [1.807, 2.05) is 20.8 Å². The second-order valence-corrected chi connectivity index (χ2v) is 8.86. The first-order valence-corrected chi connectivity index (χ1v) is 10.3. The standard InChI is InChI=1S/C16H24Cl2N2O3S/c1-11(2)12(3)19-16(21)6-5-9-20(24(4,22)23)13-7-8-14(17)15(18)10-13/h7-8,10-12H,5-6,9H2,1-4H3,(H,19,21). The first-order chi connectivity index (χ1) is 11.0. The fourth-order valence-electron chi connectivity index (χ4n) is 2.00. The minimum atomic E-state index is -3.48. The Morgan fingerprint density at radius 3 is 2.33 bits per heavy atom. The molecule has 1 unspecified atom stereocenters. The van der Waals surface area contributed by atoms with Gasteiger partial charge in [0.2, 0.25) is 15.9 Å². The van der Waals surface area contributed by atoms with E-state index in [0.717, 1.165) is 6.26 Å². The minimum Gasteiger partial charge on any atom is -0.353 e. The first kappa shape index (κ1) is 21.1. The van der Waals surface area contributed by atoms with E-state index in [4.69, 9.17) is 23.2 Å². The van der Waals surface area contributed by atoms with Crippen LogP contribution in [0, 0.1) is 5.92 Å². The molecule has 1 rings (SSSR count). The molecule has 136 valence electrons. The number of carbonyl (C=O) groups is 1. The van der Waals surface area contributed by atoms with Gasteiger partial charge in [0.15, 0.2) is 0 Å². The molecule has 0 saturated carbocycles. The number of nitrogens with one attached hydrogen (secondary N) is 1. The van der Waals surface area contributed by atoms with Crippen molar-refractivity contribution in [3.63, 3.8) is 0 Å². The number of rotatable bonds is 8. The Kier molecular flexibility index (Phi) is 7.83. The molecule has 0 spiro atoms. The quantitative estimate of drug-likeness (QED) is 0.730. The van der Waals surface area contributed by atoms with Crippen LogP contribution in [0.1, 0.15) is 33.6 Å². The lowest BCUT2D eigenvalue weighted by atomic mass is 10.1. The molecule has 0 heterocycles. The third kappa shape index (κ3) is 6.49. The SMILES string of the molecule is CC(C)C(C)NC(=O)CCCN(c1ccc(Cl)c(Cl)c1)S(C)(=O)=O. The van der Waals surface area contributed by atoms with Gasteiger partial charge in [0.05, 0.1) is 22.0 Å². The second-order valence-electron chi connectivity index (χ2n) is 6.14. The van der Waals surface area contributed by atoms with E-state index in [1.54, 1.807) is 12.1 Å². The summed E-state index contributed by atoms with van der Waals surface area (Å²) in [7, 11) is -3.48. The fraction of sp³-hybridized carbons (Fsp3) is 0.562. The average molecular weight is 395 g/mol. The van der Waals surface area contributed by atoms with Crippen LogP contribution in [0.5, 0.6) is 0 Å². The van der Waals surface area contributed by atoms with Crippen LogP contribution in [0.25, 0.3) is 0 Å². The summed E-state index contributed by atoms with van der Waals surface area (Å²) < 4.78 is 25.3. The average Bonchev–Trinajstić information content (AvgIpc) is 2.45. The van der Waals surface area contributed by atoms with E-state index in [2.05, 4.69) is 5.32 Å². The third-order valence-corrected chi connectivity index (χ3v) is 5.68. The van der Waals surface area contributed by atoms with Gasteiger partial charge in [-0.05, 0) is 37.5 Å². The summed E-state index contributed by atoms with van der Waals surface area (Å²) in [4.78, 5) is 11.9. The first-order valence-electron chi connectivity index (χ1n) is 7.74. The lowest BCUT2D eigenvalue weighted by Gasteiger charge is -2.23. The maximum atomic E-state index is 12.0. The van der Waals surface area contributed by atoms with Crippen LogP contribution in [0.15, 0.2) is 18.2 Å². The maximum absolute atomic E-state index is 12.0. The molecule has 0 bridgehead atoms. The normalized spacial score (nSPS) is 13.0. The van der Waals surface area contributed by atoms with Gasteiger partial charge in [-0.1, -0.05) is 37.0 Å². The van der Waals surface area contributed by atoms with Gasteiger partial charge >= 0.3 is 0 Å². The van der Waals surface area contributed by atoms with Gasteiger partial charge in [0.25, 0.3) is 0 Å². The smallest absolute Gasteiger partial charge is 0.232 e. The van der Waals surface area contributed by atoms with Crippen molar-refractivity contribution in [1.82, 2.24) is 5.32 Å². The molecule has 8 heteroatoms. The maximum Gasteiger partial charge on any atom is 0.232 e. The molecule has 1 aromatic rings. The van der Waals surface area contributed by atoms with Gasteiger partial charge in [0.1, 0.15) is 0 Å². The van der Waals surface area contributed by atoms with E-state index in [-0.39, 0.29) is 29.9 Å². The Morgan fingerprint density at radius 2 is 1.83 bits per heavy atom. The molecule has 1 atom stereocenters. The van der Waals surface area contributed by atoms with Crippen LogP contribution in [0.2, 0.25) is 10.0 Å². The number of nitrogens with zero attached hydrogens (tertiary/aromatic N) is 1. The van der Waals surface area contributed by atoms with Crippen LogP contribution in [0.4, 0.5) is 5.69 Å².